The summed E-state index contributed by atoms with van der Waals surface area (Å²) in [5.74, 6) is 0.174. The Hall–Kier alpha value is -1.24. The number of halogens is 1. The van der Waals surface area contributed by atoms with Crippen molar-refractivity contribution in [3.63, 3.8) is 0 Å². The molecular formula is C14H21ClN2O3S. The number of nitrogens with one attached hydrogen (secondary N) is 1. The molecule has 1 rings (SSSR count). The predicted molar refractivity (Wildman–Crippen MR) is 89.3 cm³/mol. The third-order valence-corrected chi connectivity index (χ3v) is 3.25. The van der Waals surface area contributed by atoms with Gasteiger partial charge in [0.15, 0.2) is 0 Å². The first kappa shape index (κ1) is 19.8. The van der Waals surface area contributed by atoms with Crippen molar-refractivity contribution < 1.29 is 14.3 Å². The summed E-state index contributed by atoms with van der Waals surface area (Å²) in [6.07, 6.45) is 2.58. The molecule has 0 heterocycles. The summed E-state index contributed by atoms with van der Waals surface area (Å²) in [6, 6.07) is 6.07. The lowest BCUT2D eigenvalue weighted by Crippen LogP contribution is -2.36. The molecule has 1 amide bonds. The van der Waals surface area contributed by atoms with Crippen LogP contribution < -0.4 is 11.1 Å². The third kappa shape index (κ3) is 6.84. The second-order valence-electron chi connectivity index (χ2n) is 4.18. The molecule has 7 heteroatoms. The molecule has 21 heavy (non-hydrogen) atoms. The molecule has 0 spiro atoms. The molecule has 0 saturated heterocycles. The van der Waals surface area contributed by atoms with Gasteiger partial charge in [0.1, 0.15) is 0 Å². The van der Waals surface area contributed by atoms with Crippen LogP contribution in [-0.2, 0) is 9.53 Å². The number of nitrogens with two attached hydrogens (primary N) is 1. The largest absolute Gasteiger partial charge is 0.462 e. The maximum Gasteiger partial charge on any atom is 0.338 e. The fourth-order valence-electron chi connectivity index (χ4n) is 1.55. The molecule has 0 bridgehead atoms. The van der Waals surface area contributed by atoms with Gasteiger partial charge in [-0.15, -0.1) is 12.4 Å². The van der Waals surface area contributed by atoms with Crippen molar-refractivity contribution in [1.82, 2.24) is 0 Å². The van der Waals surface area contributed by atoms with Gasteiger partial charge in [-0.25, -0.2) is 4.79 Å². The first-order valence-corrected chi connectivity index (χ1v) is 7.80. The van der Waals surface area contributed by atoms with Gasteiger partial charge in [-0.1, -0.05) is 6.07 Å². The van der Waals surface area contributed by atoms with E-state index in [9.17, 15) is 9.59 Å². The molecule has 1 aromatic carbocycles. The summed E-state index contributed by atoms with van der Waals surface area (Å²) in [5, 5.41) is 2.71. The van der Waals surface area contributed by atoms with E-state index >= 15 is 0 Å². The van der Waals surface area contributed by atoms with E-state index < -0.39 is 12.0 Å². The Morgan fingerprint density at radius 1 is 1.43 bits per heavy atom. The maximum atomic E-state index is 11.9. The minimum Gasteiger partial charge on any atom is -0.462 e. The van der Waals surface area contributed by atoms with Crippen molar-refractivity contribution >= 4 is 41.7 Å². The highest BCUT2D eigenvalue weighted by atomic mass is 35.5. The van der Waals surface area contributed by atoms with Crippen LogP contribution in [0.25, 0.3) is 0 Å². The summed E-state index contributed by atoms with van der Waals surface area (Å²) in [6.45, 7) is 2.06. The van der Waals surface area contributed by atoms with Crippen LogP contribution >= 0.6 is 24.2 Å². The average Bonchev–Trinajstić information content (AvgIpc) is 2.45. The molecule has 0 saturated carbocycles. The highest BCUT2D eigenvalue weighted by molar-refractivity contribution is 7.98. The van der Waals surface area contributed by atoms with E-state index in [4.69, 9.17) is 10.5 Å². The van der Waals surface area contributed by atoms with E-state index in [1.165, 1.54) is 0 Å². The molecular weight excluding hydrogens is 312 g/mol. The first-order chi connectivity index (χ1) is 9.58. The quantitative estimate of drug-likeness (QED) is 0.749. The third-order valence-electron chi connectivity index (χ3n) is 2.61. The fraction of sp³-hybridized carbons (Fsp3) is 0.429. The van der Waals surface area contributed by atoms with Crippen molar-refractivity contribution in [3.05, 3.63) is 29.8 Å². The summed E-state index contributed by atoms with van der Waals surface area (Å²) in [7, 11) is 0. The van der Waals surface area contributed by atoms with Crippen molar-refractivity contribution in [2.75, 3.05) is 23.9 Å². The topological polar surface area (TPSA) is 81.4 Å². The smallest absolute Gasteiger partial charge is 0.338 e. The van der Waals surface area contributed by atoms with Crippen LogP contribution in [0.15, 0.2) is 24.3 Å². The monoisotopic (exact) mass is 332 g/mol. The Kier molecular flexibility index (Phi) is 9.86. The van der Waals surface area contributed by atoms with E-state index in [-0.39, 0.29) is 18.3 Å². The van der Waals surface area contributed by atoms with Crippen LogP contribution in [0.1, 0.15) is 23.7 Å². The van der Waals surface area contributed by atoms with Gasteiger partial charge < -0.3 is 15.8 Å². The minimum atomic E-state index is -0.548. The number of anilines is 1. The summed E-state index contributed by atoms with van der Waals surface area (Å²) >= 11 is 1.64. The van der Waals surface area contributed by atoms with Crippen molar-refractivity contribution in [2.24, 2.45) is 5.73 Å². The minimum absolute atomic E-state index is 0. The van der Waals surface area contributed by atoms with Crippen LogP contribution in [0.4, 0.5) is 5.69 Å². The van der Waals surface area contributed by atoms with E-state index in [0.717, 1.165) is 5.75 Å². The van der Waals surface area contributed by atoms with Gasteiger partial charge in [0.2, 0.25) is 5.91 Å². The number of ether oxygens (including phenoxy) is 1. The Morgan fingerprint density at radius 3 is 2.76 bits per heavy atom. The highest BCUT2D eigenvalue weighted by Gasteiger charge is 2.14. The van der Waals surface area contributed by atoms with Crippen LogP contribution in [0.3, 0.4) is 0 Å². The lowest BCUT2D eigenvalue weighted by molar-refractivity contribution is -0.117. The van der Waals surface area contributed by atoms with E-state index in [1.54, 1.807) is 43.0 Å². The number of esters is 1. The van der Waals surface area contributed by atoms with Crippen LogP contribution in [-0.4, -0.2) is 36.5 Å². The molecule has 118 valence electrons. The molecule has 1 aromatic rings. The lowest BCUT2D eigenvalue weighted by atomic mass is 10.2. The van der Waals surface area contributed by atoms with E-state index in [1.807, 2.05) is 6.26 Å². The van der Waals surface area contributed by atoms with Crippen LogP contribution in [0.2, 0.25) is 0 Å². The van der Waals surface area contributed by atoms with Gasteiger partial charge >= 0.3 is 5.97 Å². The van der Waals surface area contributed by atoms with Crippen molar-refractivity contribution in [3.8, 4) is 0 Å². The van der Waals surface area contributed by atoms with Gasteiger partial charge in [0.05, 0.1) is 18.2 Å². The van der Waals surface area contributed by atoms with Crippen LogP contribution in [0.5, 0.6) is 0 Å². The van der Waals surface area contributed by atoms with Gasteiger partial charge in [-0.2, -0.15) is 11.8 Å². The number of amides is 1. The van der Waals surface area contributed by atoms with Gasteiger partial charge in [0.25, 0.3) is 0 Å². The summed E-state index contributed by atoms with van der Waals surface area (Å²) < 4.78 is 4.91. The molecule has 3 N–H and O–H groups in total. The first-order valence-electron chi connectivity index (χ1n) is 6.41. The zero-order valence-corrected chi connectivity index (χ0v) is 13.8. The zero-order valence-electron chi connectivity index (χ0n) is 12.1. The Labute approximate surface area is 135 Å². The molecule has 0 aliphatic heterocycles. The number of benzene rings is 1. The van der Waals surface area contributed by atoms with Gasteiger partial charge in [0, 0.05) is 5.69 Å². The molecule has 0 radical (unpaired) electrons. The fourth-order valence-corrected chi connectivity index (χ4v) is 2.04. The Bertz CT molecular complexity index is 471. The van der Waals surface area contributed by atoms with E-state index in [2.05, 4.69) is 5.32 Å². The Balaban J connectivity index is 0.00000400. The normalized spacial score (nSPS) is 11.2. The predicted octanol–water partition coefficient (Wildman–Crippen LogP) is 2.30. The molecule has 0 aliphatic rings. The van der Waals surface area contributed by atoms with Crippen molar-refractivity contribution in [2.45, 2.75) is 19.4 Å². The van der Waals surface area contributed by atoms with Crippen molar-refractivity contribution in [1.29, 1.82) is 0 Å². The highest BCUT2D eigenvalue weighted by Crippen LogP contribution is 2.12. The zero-order chi connectivity index (χ0) is 15.0. The molecule has 0 aliphatic carbocycles. The summed E-state index contributed by atoms with van der Waals surface area (Å²) in [5.41, 5.74) is 6.73. The SMILES string of the molecule is CCOC(=O)c1cccc(NC(=O)[C@@H](N)CCSC)c1.Cl. The van der Waals surface area contributed by atoms with Gasteiger partial charge in [-0.3, -0.25) is 4.79 Å². The number of hydrogen-bond donors (Lipinski definition) is 2. The number of rotatable bonds is 7. The van der Waals surface area contributed by atoms with Crippen LogP contribution in [0, 0.1) is 0 Å². The Morgan fingerprint density at radius 2 is 2.14 bits per heavy atom. The number of hydrogen-bond acceptors (Lipinski definition) is 5. The second kappa shape index (κ2) is 10.5. The molecule has 0 unspecified atom stereocenters. The average molecular weight is 333 g/mol. The maximum absolute atomic E-state index is 11.9. The summed E-state index contributed by atoms with van der Waals surface area (Å²) in [4.78, 5) is 23.5. The molecule has 1 atom stereocenters. The standard InChI is InChI=1S/C14H20N2O3S.ClH/c1-3-19-14(18)10-5-4-6-11(9-10)16-13(17)12(15)7-8-20-2;/h4-6,9,12H,3,7-8,15H2,1-2H3,(H,16,17);1H/t12-;/m0./s1. The lowest BCUT2D eigenvalue weighted by Gasteiger charge is -2.12. The van der Waals surface area contributed by atoms with Gasteiger partial charge in [-0.05, 0) is 43.6 Å². The molecule has 0 aromatic heterocycles. The van der Waals surface area contributed by atoms with E-state index in [0.29, 0.717) is 24.3 Å². The number of carbonyl (C=O) groups excluding carboxylic acids is 2. The number of carbonyl (C=O) groups is 2. The number of thioether (sulfide) groups is 1. The molecule has 5 nitrogen and oxygen atoms in total. The second-order valence-corrected chi connectivity index (χ2v) is 5.16. The molecule has 0 fully saturated rings.